The second-order valence-corrected chi connectivity index (χ2v) is 4.96. The Labute approximate surface area is 120 Å². The number of aryl methyl sites for hydroxylation is 2. The molecular formula is C13H22ClN5. The molecule has 0 unspecified atom stereocenters. The fraction of sp³-hybridized carbons (Fsp3) is 0.538. The molecular weight excluding hydrogens is 262 g/mol. The highest BCUT2D eigenvalue weighted by Crippen LogP contribution is 2.13. The van der Waals surface area contributed by atoms with Gasteiger partial charge in [-0.2, -0.15) is 10.2 Å². The Morgan fingerprint density at radius 3 is 2.53 bits per heavy atom. The van der Waals surface area contributed by atoms with E-state index in [1.807, 2.05) is 35.9 Å². The fourth-order valence-corrected chi connectivity index (χ4v) is 1.88. The first-order valence-corrected chi connectivity index (χ1v) is 6.27. The first-order chi connectivity index (χ1) is 8.56. The summed E-state index contributed by atoms with van der Waals surface area (Å²) in [6.07, 6.45) is 3.91. The van der Waals surface area contributed by atoms with E-state index in [0.717, 1.165) is 18.8 Å². The van der Waals surface area contributed by atoms with E-state index in [1.54, 1.807) is 0 Å². The molecule has 0 aromatic carbocycles. The summed E-state index contributed by atoms with van der Waals surface area (Å²) in [5.41, 5.74) is 3.56. The van der Waals surface area contributed by atoms with E-state index in [4.69, 9.17) is 0 Å². The summed E-state index contributed by atoms with van der Waals surface area (Å²) in [7, 11) is 3.92. The van der Waals surface area contributed by atoms with Crippen LogP contribution in [0.2, 0.25) is 0 Å². The van der Waals surface area contributed by atoms with Crippen molar-refractivity contribution in [2.75, 3.05) is 0 Å². The van der Waals surface area contributed by atoms with Crippen LogP contribution < -0.4 is 5.32 Å². The summed E-state index contributed by atoms with van der Waals surface area (Å²) < 4.78 is 3.77. The second-order valence-electron chi connectivity index (χ2n) is 4.96. The van der Waals surface area contributed by atoms with Gasteiger partial charge in [0.1, 0.15) is 0 Å². The summed E-state index contributed by atoms with van der Waals surface area (Å²) in [4.78, 5) is 0. The van der Waals surface area contributed by atoms with E-state index >= 15 is 0 Å². The van der Waals surface area contributed by atoms with E-state index in [-0.39, 0.29) is 12.4 Å². The van der Waals surface area contributed by atoms with Gasteiger partial charge in [-0.25, -0.2) is 0 Å². The maximum absolute atomic E-state index is 4.50. The molecule has 19 heavy (non-hydrogen) atoms. The first kappa shape index (κ1) is 15.7. The largest absolute Gasteiger partial charge is 0.307 e. The molecule has 1 N–H and O–H groups in total. The number of nitrogens with zero attached hydrogens (tertiary/aromatic N) is 4. The molecule has 0 spiro atoms. The Kier molecular flexibility index (Phi) is 5.57. The summed E-state index contributed by atoms with van der Waals surface area (Å²) in [6.45, 7) is 5.98. The third-order valence-electron chi connectivity index (χ3n) is 2.98. The van der Waals surface area contributed by atoms with Gasteiger partial charge in [-0.15, -0.1) is 12.4 Å². The van der Waals surface area contributed by atoms with Crippen molar-refractivity contribution in [3.05, 3.63) is 35.4 Å². The van der Waals surface area contributed by atoms with Crippen LogP contribution in [-0.4, -0.2) is 19.6 Å². The molecule has 2 aromatic heterocycles. The maximum atomic E-state index is 4.50. The predicted octanol–water partition coefficient (Wildman–Crippen LogP) is 1.99. The minimum absolute atomic E-state index is 0. The summed E-state index contributed by atoms with van der Waals surface area (Å²) in [5.74, 6) is 0.475. The van der Waals surface area contributed by atoms with Gasteiger partial charge < -0.3 is 5.32 Å². The van der Waals surface area contributed by atoms with Crippen molar-refractivity contribution in [1.29, 1.82) is 0 Å². The molecule has 0 bridgehead atoms. The third-order valence-corrected chi connectivity index (χ3v) is 2.98. The van der Waals surface area contributed by atoms with Crippen LogP contribution in [0.4, 0.5) is 0 Å². The van der Waals surface area contributed by atoms with Crippen LogP contribution in [-0.2, 0) is 27.2 Å². The zero-order chi connectivity index (χ0) is 13.1. The monoisotopic (exact) mass is 283 g/mol. The molecule has 0 radical (unpaired) electrons. The van der Waals surface area contributed by atoms with Gasteiger partial charge in [0.25, 0.3) is 0 Å². The van der Waals surface area contributed by atoms with E-state index in [1.165, 1.54) is 11.3 Å². The van der Waals surface area contributed by atoms with Crippen LogP contribution in [0.3, 0.4) is 0 Å². The Morgan fingerprint density at radius 2 is 2.00 bits per heavy atom. The molecule has 106 valence electrons. The lowest BCUT2D eigenvalue weighted by Crippen LogP contribution is -2.14. The van der Waals surface area contributed by atoms with Gasteiger partial charge in [-0.3, -0.25) is 9.36 Å². The molecule has 2 heterocycles. The van der Waals surface area contributed by atoms with Gasteiger partial charge in [0.2, 0.25) is 0 Å². The van der Waals surface area contributed by atoms with Crippen molar-refractivity contribution >= 4 is 12.4 Å². The van der Waals surface area contributed by atoms with Crippen molar-refractivity contribution in [2.24, 2.45) is 14.1 Å². The highest BCUT2D eigenvalue weighted by Gasteiger charge is 2.07. The van der Waals surface area contributed by atoms with Crippen molar-refractivity contribution in [2.45, 2.75) is 32.9 Å². The molecule has 5 nitrogen and oxygen atoms in total. The standard InChI is InChI=1S/C13H21N5.ClH/c1-10(2)13-5-12(18(4)16-13)8-14-6-11-7-15-17(3)9-11;/h5,7,9-10,14H,6,8H2,1-4H3;1H. The zero-order valence-corrected chi connectivity index (χ0v) is 12.7. The van der Waals surface area contributed by atoms with Crippen molar-refractivity contribution < 1.29 is 0 Å². The SMILES string of the molecule is CC(C)c1cc(CNCc2cnn(C)c2)n(C)n1.Cl. The predicted molar refractivity (Wildman–Crippen MR) is 78.3 cm³/mol. The number of hydrogen-bond donors (Lipinski definition) is 1. The molecule has 0 aliphatic rings. The molecule has 2 aromatic rings. The molecule has 0 aliphatic carbocycles. The van der Waals surface area contributed by atoms with E-state index < -0.39 is 0 Å². The summed E-state index contributed by atoms with van der Waals surface area (Å²) in [6, 6.07) is 2.17. The fourth-order valence-electron chi connectivity index (χ4n) is 1.88. The number of hydrogen-bond acceptors (Lipinski definition) is 3. The van der Waals surface area contributed by atoms with Crippen LogP contribution in [0.1, 0.15) is 36.7 Å². The van der Waals surface area contributed by atoms with E-state index in [2.05, 4.69) is 35.4 Å². The van der Waals surface area contributed by atoms with Crippen molar-refractivity contribution in [3.8, 4) is 0 Å². The lowest BCUT2D eigenvalue weighted by molar-refractivity contribution is 0.620. The van der Waals surface area contributed by atoms with Crippen molar-refractivity contribution in [1.82, 2.24) is 24.9 Å². The maximum Gasteiger partial charge on any atom is 0.0653 e. The third kappa shape index (κ3) is 4.08. The van der Waals surface area contributed by atoms with Crippen LogP contribution in [0.25, 0.3) is 0 Å². The Hall–Kier alpha value is -1.33. The highest BCUT2D eigenvalue weighted by molar-refractivity contribution is 5.85. The lowest BCUT2D eigenvalue weighted by atomic mass is 10.1. The van der Waals surface area contributed by atoms with E-state index in [0.29, 0.717) is 5.92 Å². The average Bonchev–Trinajstić information content (AvgIpc) is 2.87. The molecule has 0 saturated heterocycles. The number of aromatic nitrogens is 4. The highest BCUT2D eigenvalue weighted by atomic mass is 35.5. The average molecular weight is 284 g/mol. The lowest BCUT2D eigenvalue weighted by Gasteiger charge is -2.03. The molecule has 2 rings (SSSR count). The molecule has 0 saturated carbocycles. The minimum Gasteiger partial charge on any atom is -0.307 e. The summed E-state index contributed by atoms with van der Waals surface area (Å²) >= 11 is 0. The van der Waals surface area contributed by atoms with Gasteiger partial charge in [-0.05, 0) is 12.0 Å². The Morgan fingerprint density at radius 1 is 1.26 bits per heavy atom. The van der Waals surface area contributed by atoms with Crippen molar-refractivity contribution in [3.63, 3.8) is 0 Å². The van der Waals surface area contributed by atoms with Gasteiger partial charge in [0.05, 0.1) is 17.6 Å². The molecule has 0 fully saturated rings. The zero-order valence-electron chi connectivity index (χ0n) is 11.9. The summed E-state index contributed by atoms with van der Waals surface area (Å²) in [5, 5.41) is 12.1. The topological polar surface area (TPSA) is 47.7 Å². The number of nitrogens with one attached hydrogen (secondary N) is 1. The quantitative estimate of drug-likeness (QED) is 0.913. The smallest absolute Gasteiger partial charge is 0.0653 e. The second kappa shape index (κ2) is 6.73. The van der Waals surface area contributed by atoms with Gasteiger partial charge in [-0.1, -0.05) is 13.8 Å². The van der Waals surface area contributed by atoms with Gasteiger partial charge in [0.15, 0.2) is 0 Å². The first-order valence-electron chi connectivity index (χ1n) is 6.27. The molecule has 6 heteroatoms. The number of halogens is 1. The minimum atomic E-state index is 0. The van der Waals surface area contributed by atoms with Gasteiger partial charge >= 0.3 is 0 Å². The molecule has 0 amide bonds. The van der Waals surface area contributed by atoms with Crippen LogP contribution in [0, 0.1) is 0 Å². The normalized spacial score (nSPS) is 10.8. The van der Waals surface area contributed by atoms with Crippen LogP contribution >= 0.6 is 12.4 Å². The van der Waals surface area contributed by atoms with E-state index in [9.17, 15) is 0 Å². The van der Waals surface area contributed by atoms with Crippen LogP contribution in [0.15, 0.2) is 18.5 Å². The Balaban J connectivity index is 0.00000180. The number of rotatable bonds is 5. The van der Waals surface area contributed by atoms with Crippen LogP contribution in [0.5, 0.6) is 0 Å². The Bertz CT molecular complexity index is 515. The van der Waals surface area contributed by atoms with Gasteiger partial charge in [0, 0.05) is 38.9 Å². The molecule has 0 atom stereocenters. The molecule has 0 aliphatic heterocycles.